The zero-order chi connectivity index (χ0) is 16.4. The molecule has 0 radical (unpaired) electrons. The predicted octanol–water partition coefficient (Wildman–Crippen LogP) is 0.171. The van der Waals surface area contributed by atoms with Gasteiger partial charge in [-0.15, -0.1) is 0 Å². The van der Waals surface area contributed by atoms with Crippen molar-refractivity contribution < 1.29 is 9.59 Å². The number of nitrogens with two attached hydrogens (primary N) is 1. The Kier molecular flexibility index (Phi) is 5.39. The first kappa shape index (κ1) is 17.9. The number of carbonyl (C=O) groups is 2. The van der Waals surface area contributed by atoms with Crippen LogP contribution in [-0.2, 0) is 9.59 Å². The number of nitrogens with zero attached hydrogens (tertiary/aromatic N) is 2. The zero-order valence-corrected chi connectivity index (χ0v) is 14.2. The van der Waals surface area contributed by atoms with Crippen LogP contribution in [0.4, 0.5) is 0 Å². The molecule has 0 aromatic rings. The summed E-state index contributed by atoms with van der Waals surface area (Å²) in [5, 5.41) is 2.69. The van der Waals surface area contributed by atoms with E-state index in [2.05, 4.69) is 5.32 Å². The first-order valence-corrected chi connectivity index (χ1v) is 7.50. The Bertz CT molecular complexity index is 386. The van der Waals surface area contributed by atoms with Gasteiger partial charge in [0.25, 0.3) is 0 Å². The third-order valence-electron chi connectivity index (χ3n) is 3.98. The SMILES string of the molecule is CN(C)CCNC(=O)C(=O)N1C(C)(C)CC(N)CC1(C)C. The van der Waals surface area contributed by atoms with Gasteiger partial charge in [-0.25, -0.2) is 0 Å². The molecule has 6 heteroatoms. The van der Waals surface area contributed by atoms with Gasteiger partial charge in [-0.1, -0.05) is 0 Å². The summed E-state index contributed by atoms with van der Waals surface area (Å²) < 4.78 is 0. The second kappa shape index (κ2) is 6.32. The summed E-state index contributed by atoms with van der Waals surface area (Å²) in [6.07, 6.45) is 1.40. The molecular formula is C15H30N4O2. The van der Waals surface area contributed by atoms with Crippen LogP contribution in [0.1, 0.15) is 40.5 Å². The zero-order valence-electron chi connectivity index (χ0n) is 14.2. The lowest BCUT2D eigenvalue weighted by Gasteiger charge is -2.54. The van der Waals surface area contributed by atoms with Crippen molar-refractivity contribution in [2.45, 2.75) is 57.7 Å². The molecule has 1 aliphatic rings. The van der Waals surface area contributed by atoms with Crippen molar-refractivity contribution in [3.05, 3.63) is 0 Å². The molecule has 1 heterocycles. The van der Waals surface area contributed by atoms with Crippen molar-refractivity contribution >= 4 is 11.8 Å². The summed E-state index contributed by atoms with van der Waals surface area (Å²) in [6.45, 7) is 9.05. The highest BCUT2D eigenvalue weighted by molar-refractivity contribution is 6.35. The highest BCUT2D eigenvalue weighted by Gasteiger charge is 2.48. The van der Waals surface area contributed by atoms with Crippen LogP contribution >= 0.6 is 0 Å². The second-order valence-electron chi connectivity index (χ2n) is 7.49. The van der Waals surface area contributed by atoms with Crippen molar-refractivity contribution in [2.24, 2.45) is 5.73 Å². The van der Waals surface area contributed by atoms with Crippen molar-refractivity contribution in [2.75, 3.05) is 27.2 Å². The predicted molar refractivity (Wildman–Crippen MR) is 83.8 cm³/mol. The van der Waals surface area contributed by atoms with Gasteiger partial charge in [0.05, 0.1) is 0 Å². The van der Waals surface area contributed by atoms with E-state index in [-0.39, 0.29) is 6.04 Å². The molecule has 0 aliphatic carbocycles. The van der Waals surface area contributed by atoms with E-state index in [9.17, 15) is 9.59 Å². The fourth-order valence-corrected chi connectivity index (χ4v) is 3.48. The quantitative estimate of drug-likeness (QED) is 0.728. The summed E-state index contributed by atoms with van der Waals surface area (Å²) in [5.74, 6) is -0.996. The Balaban J connectivity index is 2.80. The molecule has 21 heavy (non-hydrogen) atoms. The molecule has 2 amide bonds. The van der Waals surface area contributed by atoms with E-state index >= 15 is 0 Å². The highest BCUT2D eigenvalue weighted by Crippen LogP contribution is 2.37. The van der Waals surface area contributed by atoms with Crippen LogP contribution < -0.4 is 11.1 Å². The maximum Gasteiger partial charge on any atom is 0.312 e. The van der Waals surface area contributed by atoms with Gasteiger partial charge in [-0.2, -0.15) is 0 Å². The minimum atomic E-state index is -0.534. The lowest BCUT2D eigenvalue weighted by molar-refractivity contribution is -0.159. The molecule has 1 aliphatic heterocycles. The minimum absolute atomic E-state index is 0.0517. The number of likely N-dealkylation sites (tertiary alicyclic amines) is 1. The minimum Gasteiger partial charge on any atom is -0.347 e. The third-order valence-corrected chi connectivity index (χ3v) is 3.98. The second-order valence-corrected chi connectivity index (χ2v) is 7.49. The van der Waals surface area contributed by atoms with Crippen LogP contribution in [0.2, 0.25) is 0 Å². The van der Waals surface area contributed by atoms with Crippen molar-refractivity contribution in [1.29, 1.82) is 0 Å². The van der Waals surface area contributed by atoms with Gasteiger partial charge in [-0.05, 0) is 54.6 Å². The van der Waals surface area contributed by atoms with Crippen molar-refractivity contribution in [3.63, 3.8) is 0 Å². The molecule has 3 N–H and O–H groups in total. The van der Waals surface area contributed by atoms with E-state index in [0.29, 0.717) is 25.9 Å². The Morgan fingerprint density at radius 2 is 1.67 bits per heavy atom. The molecule has 1 rings (SSSR count). The summed E-state index contributed by atoms with van der Waals surface area (Å²) >= 11 is 0. The van der Waals surface area contributed by atoms with E-state index in [1.54, 1.807) is 4.90 Å². The molecule has 122 valence electrons. The van der Waals surface area contributed by atoms with Crippen LogP contribution in [0.15, 0.2) is 0 Å². The lowest BCUT2D eigenvalue weighted by Crippen LogP contribution is -2.67. The molecular weight excluding hydrogens is 268 g/mol. The molecule has 1 saturated heterocycles. The van der Waals surface area contributed by atoms with Gasteiger partial charge in [0.2, 0.25) is 0 Å². The Morgan fingerprint density at radius 1 is 1.19 bits per heavy atom. The first-order chi connectivity index (χ1) is 9.47. The molecule has 0 saturated carbocycles. The lowest BCUT2D eigenvalue weighted by atomic mass is 9.77. The molecule has 1 fully saturated rings. The van der Waals surface area contributed by atoms with Gasteiger partial charge in [0, 0.05) is 30.2 Å². The van der Waals surface area contributed by atoms with Gasteiger partial charge in [0.15, 0.2) is 0 Å². The van der Waals surface area contributed by atoms with Crippen LogP contribution in [0.25, 0.3) is 0 Å². The fraction of sp³-hybridized carbons (Fsp3) is 0.867. The highest BCUT2D eigenvalue weighted by atomic mass is 16.2. The summed E-state index contributed by atoms with van der Waals surface area (Å²) in [4.78, 5) is 28.4. The number of nitrogens with one attached hydrogen (secondary N) is 1. The topological polar surface area (TPSA) is 78.7 Å². The Morgan fingerprint density at radius 3 is 2.10 bits per heavy atom. The molecule has 6 nitrogen and oxygen atoms in total. The van der Waals surface area contributed by atoms with Crippen LogP contribution in [0.3, 0.4) is 0 Å². The summed E-state index contributed by atoms with van der Waals surface area (Å²) in [7, 11) is 3.85. The molecule has 0 spiro atoms. The molecule has 0 aromatic heterocycles. The first-order valence-electron chi connectivity index (χ1n) is 7.50. The van der Waals surface area contributed by atoms with Crippen molar-refractivity contribution in [3.8, 4) is 0 Å². The third kappa shape index (κ3) is 4.41. The molecule has 0 aromatic carbocycles. The average Bonchev–Trinajstić information content (AvgIpc) is 2.23. The van der Waals surface area contributed by atoms with Gasteiger partial charge < -0.3 is 20.9 Å². The number of rotatable bonds is 3. The summed E-state index contributed by atoms with van der Waals surface area (Å²) in [6, 6.07) is 0.0517. The normalized spacial score (nSPS) is 21.4. The van der Waals surface area contributed by atoms with Gasteiger partial charge in [-0.3, -0.25) is 9.59 Å². The van der Waals surface area contributed by atoms with Gasteiger partial charge >= 0.3 is 11.8 Å². The molecule has 0 bridgehead atoms. The van der Waals surface area contributed by atoms with E-state index in [1.807, 2.05) is 46.7 Å². The largest absolute Gasteiger partial charge is 0.347 e. The van der Waals surface area contributed by atoms with Crippen LogP contribution in [0.5, 0.6) is 0 Å². The average molecular weight is 298 g/mol. The van der Waals surface area contributed by atoms with E-state index in [1.165, 1.54) is 0 Å². The molecule has 0 atom stereocenters. The van der Waals surface area contributed by atoms with Crippen LogP contribution in [0, 0.1) is 0 Å². The molecule has 0 unspecified atom stereocenters. The standard InChI is InChI=1S/C15H30N4O2/c1-14(2)9-11(16)10-15(3,4)19(14)13(21)12(20)17-7-8-18(5)6/h11H,7-10,16H2,1-6H3,(H,17,20). The number of amides is 2. The number of carbonyl (C=O) groups excluding carboxylic acids is 2. The monoisotopic (exact) mass is 298 g/mol. The Hall–Kier alpha value is -1.14. The smallest absolute Gasteiger partial charge is 0.312 e. The van der Waals surface area contributed by atoms with E-state index < -0.39 is 22.9 Å². The maximum absolute atomic E-state index is 12.6. The number of hydrogen-bond donors (Lipinski definition) is 2. The van der Waals surface area contributed by atoms with E-state index in [4.69, 9.17) is 5.73 Å². The van der Waals surface area contributed by atoms with Crippen molar-refractivity contribution in [1.82, 2.24) is 15.1 Å². The van der Waals surface area contributed by atoms with Crippen LogP contribution in [-0.4, -0.2) is 65.9 Å². The summed E-state index contributed by atoms with van der Waals surface area (Å²) in [5.41, 5.74) is 5.25. The van der Waals surface area contributed by atoms with Gasteiger partial charge in [0.1, 0.15) is 0 Å². The fourth-order valence-electron chi connectivity index (χ4n) is 3.48. The maximum atomic E-state index is 12.6. The number of piperidine rings is 1. The number of likely N-dealkylation sites (N-methyl/N-ethyl adjacent to an activating group) is 1. The van der Waals surface area contributed by atoms with E-state index in [0.717, 1.165) is 0 Å². The Labute approximate surface area is 128 Å². The number of hydrogen-bond acceptors (Lipinski definition) is 4.